The molecule has 1 heterocycles. The standard InChI is InChI=1S/C22H36O5Si/c1-22(2,3)28(5,6)26-16-21-14-18(23)13-20(27-21)11-12-25-15-17-7-9-19(24-4)10-8-17/h7-10,20-21H,11-16H2,1-6H3/t20-,21-/m0/s1. The van der Waals surface area contributed by atoms with Gasteiger partial charge in [0.25, 0.3) is 0 Å². The number of ether oxygens (including phenoxy) is 3. The van der Waals surface area contributed by atoms with Gasteiger partial charge in [0, 0.05) is 19.4 Å². The predicted octanol–water partition coefficient (Wildman–Crippen LogP) is 4.74. The molecule has 1 aromatic rings. The molecule has 158 valence electrons. The first-order valence-corrected chi connectivity index (χ1v) is 13.0. The fourth-order valence-corrected chi connectivity index (χ4v) is 3.91. The number of carbonyl (C=O) groups is 1. The van der Waals surface area contributed by atoms with Gasteiger partial charge in [-0.1, -0.05) is 32.9 Å². The van der Waals surface area contributed by atoms with E-state index in [9.17, 15) is 4.79 Å². The Morgan fingerprint density at radius 2 is 1.75 bits per heavy atom. The van der Waals surface area contributed by atoms with Crippen LogP contribution in [0.1, 0.15) is 45.6 Å². The largest absolute Gasteiger partial charge is 0.497 e. The Hall–Kier alpha value is -1.21. The maximum Gasteiger partial charge on any atom is 0.192 e. The zero-order valence-electron chi connectivity index (χ0n) is 18.2. The molecule has 0 radical (unpaired) electrons. The Morgan fingerprint density at radius 1 is 1.11 bits per heavy atom. The Morgan fingerprint density at radius 3 is 2.36 bits per heavy atom. The fraction of sp³-hybridized carbons (Fsp3) is 0.682. The molecule has 0 amide bonds. The third-order valence-corrected chi connectivity index (χ3v) is 10.2. The van der Waals surface area contributed by atoms with E-state index < -0.39 is 8.32 Å². The van der Waals surface area contributed by atoms with E-state index in [1.54, 1.807) is 7.11 Å². The van der Waals surface area contributed by atoms with Crippen LogP contribution in [0.25, 0.3) is 0 Å². The van der Waals surface area contributed by atoms with E-state index >= 15 is 0 Å². The highest BCUT2D eigenvalue weighted by molar-refractivity contribution is 6.74. The zero-order valence-corrected chi connectivity index (χ0v) is 19.2. The van der Waals surface area contributed by atoms with Gasteiger partial charge in [-0.15, -0.1) is 0 Å². The molecule has 0 bridgehead atoms. The first-order valence-electron chi connectivity index (χ1n) is 10.1. The number of Topliss-reactive ketones (excluding diaryl/α,β-unsaturated/α-hetero) is 1. The van der Waals surface area contributed by atoms with E-state index in [0.717, 1.165) is 17.7 Å². The molecule has 1 aliphatic rings. The van der Waals surface area contributed by atoms with Crippen molar-refractivity contribution in [3.8, 4) is 5.75 Å². The van der Waals surface area contributed by atoms with E-state index in [2.05, 4.69) is 33.9 Å². The van der Waals surface area contributed by atoms with E-state index in [-0.39, 0.29) is 23.0 Å². The van der Waals surface area contributed by atoms with E-state index in [1.165, 1.54) is 0 Å². The minimum Gasteiger partial charge on any atom is -0.497 e. The third kappa shape index (κ3) is 6.99. The monoisotopic (exact) mass is 408 g/mol. The van der Waals surface area contributed by atoms with Gasteiger partial charge in [-0.25, -0.2) is 0 Å². The lowest BCUT2D eigenvalue weighted by Crippen LogP contribution is -2.45. The molecule has 2 atom stereocenters. The summed E-state index contributed by atoms with van der Waals surface area (Å²) in [6, 6.07) is 7.84. The minimum absolute atomic E-state index is 0.0786. The normalized spacial score (nSPS) is 21.0. The summed E-state index contributed by atoms with van der Waals surface area (Å²) in [6.45, 7) is 12.7. The van der Waals surface area contributed by atoms with Crippen LogP contribution in [0.5, 0.6) is 5.75 Å². The molecular formula is C22H36O5Si. The highest BCUT2D eigenvalue weighted by atomic mass is 28.4. The molecule has 28 heavy (non-hydrogen) atoms. The molecule has 0 unspecified atom stereocenters. The van der Waals surface area contributed by atoms with Crippen molar-refractivity contribution < 1.29 is 23.4 Å². The van der Waals surface area contributed by atoms with E-state index in [1.807, 2.05) is 24.3 Å². The maximum atomic E-state index is 12.1. The lowest BCUT2D eigenvalue weighted by Gasteiger charge is -2.38. The first kappa shape index (κ1) is 23.1. The molecule has 0 aliphatic carbocycles. The van der Waals surface area contributed by atoms with Gasteiger partial charge in [0.05, 0.1) is 32.5 Å². The van der Waals surface area contributed by atoms with Crippen LogP contribution in [0.3, 0.4) is 0 Å². The van der Waals surface area contributed by atoms with E-state index in [0.29, 0.717) is 32.7 Å². The van der Waals surface area contributed by atoms with Crippen molar-refractivity contribution in [2.45, 2.75) is 77.0 Å². The molecule has 1 aromatic carbocycles. The van der Waals surface area contributed by atoms with Gasteiger partial charge < -0.3 is 18.6 Å². The number of rotatable bonds is 9. The molecule has 0 saturated carbocycles. The number of ketones is 1. The summed E-state index contributed by atoms with van der Waals surface area (Å²) in [5.41, 5.74) is 1.10. The molecular weight excluding hydrogens is 372 g/mol. The van der Waals surface area contributed by atoms with Gasteiger partial charge in [-0.3, -0.25) is 4.79 Å². The van der Waals surface area contributed by atoms with Crippen LogP contribution in [0.4, 0.5) is 0 Å². The van der Waals surface area contributed by atoms with Gasteiger partial charge in [0.15, 0.2) is 8.32 Å². The molecule has 6 heteroatoms. The summed E-state index contributed by atoms with van der Waals surface area (Å²) in [5, 5.41) is 0.153. The van der Waals surface area contributed by atoms with Gasteiger partial charge in [-0.2, -0.15) is 0 Å². The molecule has 1 aliphatic heterocycles. The average molecular weight is 409 g/mol. The third-order valence-electron chi connectivity index (χ3n) is 5.74. The topological polar surface area (TPSA) is 54.0 Å². The van der Waals surface area contributed by atoms with Gasteiger partial charge in [0.1, 0.15) is 11.5 Å². The number of carbonyl (C=O) groups excluding carboxylic acids is 1. The van der Waals surface area contributed by atoms with Crippen LogP contribution in [-0.2, 0) is 25.3 Å². The Labute approximate surface area is 170 Å². The van der Waals surface area contributed by atoms with Crippen LogP contribution in [0, 0.1) is 0 Å². The second kappa shape index (κ2) is 10.0. The predicted molar refractivity (Wildman–Crippen MR) is 113 cm³/mol. The van der Waals surface area contributed by atoms with Gasteiger partial charge in [-0.05, 0) is 42.2 Å². The van der Waals surface area contributed by atoms with Crippen LogP contribution in [-0.4, -0.2) is 46.6 Å². The molecule has 1 fully saturated rings. The smallest absolute Gasteiger partial charge is 0.192 e. The molecule has 1 saturated heterocycles. The van der Waals surface area contributed by atoms with Crippen LogP contribution in [0.2, 0.25) is 18.1 Å². The number of methoxy groups -OCH3 is 1. The second-order valence-electron chi connectivity index (χ2n) is 9.09. The van der Waals surface area contributed by atoms with Crippen LogP contribution >= 0.6 is 0 Å². The number of hydrogen-bond donors (Lipinski definition) is 0. The highest BCUT2D eigenvalue weighted by Gasteiger charge is 2.38. The van der Waals surface area contributed by atoms with Crippen molar-refractivity contribution >= 4 is 14.1 Å². The highest BCUT2D eigenvalue weighted by Crippen LogP contribution is 2.37. The summed E-state index contributed by atoms with van der Waals surface area (Å²) in [4.78, 5) is 12.1. The summed E-state index contributed by atoms with van der Waals surface area (Å²) in [5.74, 6) is 1.10. The summed E-state index contributed by atoms with van der Waals surface area (Å²) in [7, 11) is -0.179. The second-order valence-corrected chi connectivity index (χ2v) is 13.9. The molecule has 2 rings (SSSR count). The van der Waals surface area contributed by atoms with Crippen molar-refractivity contribution in [2.24, 2.45) is 0 Å². The lowest BCUT2D eigenvalue weighted by molar-refractivity contribution is -0.139. The summed E-state index contributed by atoms with van der Waals surface area (Å²) in [6.07, 6.45) is 1.44. The first-order chi connectivity index (χ1) is 13.1. The zero-order chi connectivity index (χ0) is 20.8. The Balaban J connectivity index is 1.73. The molecule has 0 N–H and O–H groups in total. The Kier molecular flexibility index (Phi) is 8.25. The van der Waals surface area contributed by atoms with E-state index in [4.69, 9.17) is 18.6 Å². The van der Waals surface area contributed by atoms with Gasteiger partial charge in [0.2, 0.25) is 0 Å². The molecule has 0 aromatic heterocycles. The van der Waals surface area contributed by atoms with Crippen LogP contribution < -0.4 is 4.74 Å². The average Bonchev–Trinajstić information content (AvgIpc) is 2.63. The lowest BCUT2D eigenvalue weighted by atomic mass is 10.0. The Bertz CT molecular complexity index is 621. The fourth-order valence-electron chi connectivity index (χ4n) is 2.87. The SMILES string of the molecule is COc1ccc(COCC[C@H]2CC(=O)C[C@@H](CO[Si](C)(C)C(C)(C)C)O2)cc1. The van der Waals surface area contributed by atoms with Crippen molar-refractivity contribution in [3.05, 3.63) is 29.8 Å². The maximum absolute atomic E-state index is 12.1. The van der Waals surface area contributed by atoms with Crippen molar-refractivity contribution in [1.29, 1.82) is 0 Å². The molecule has 0 spiro atoms. The van der Waals surface area contributed by atoms with Crippen molar-refractivity contribution in [1.82, 2.24) is 0 Å². The van der Waals surface area contributed by atoms with Crippen LogP contribution in [0.15, 0.2) is 24.3 Å². The van der Waals surface area contributed by atoms with Gasteiger partial charge >= 0.3 is 0 Å². The number of hydrogen-bond acceptors (Lipinski definition) is 5. The summed E-state index contributed by atoms with van der Waals surface area (Å²) >= 11 is 0. The molecule has 5 nitrogen and oxygen atoms in total. The van der Waals surface area contributed by atoms with Crippen molar-refractivity contribution in [2.75, 3.05) is 20.3 Å². The minimum atomic E-state index is -1.83. The number of benzene rings is 1. The van der Waals surface area contributed by atoms with Crippen molar-refractivity contribution in [3.63, 3.8) is 0 Å². The summed E-state index contributed by atoms with van der Waals surface area (Å²) < 4.78 is 23.3. The quantitative estimate of drug-likeness (QED) is 0.436.